The average molecular weight is 400 g/mol. The lowest BCUT2D eigenvalue weighted by atomic mass is 9.94. The fraction of sp³-hybridized carbons (Fsp3) is 0.938. The third kappa shape index (κ3) is 5.15. The van der Waals surface area contributed by atoms with Crippen molar-refractivity contribution in [2.75, 3.05) is 44.3 Å². The number of hydrogen-bond acceptors (Lipinski definition) is 5. The second-order valence-electron chi connectivity index (χ2n) is 6.76. The van der Waals surface area contributed by atoms with Crippen molar-refractivity contribution in [2.24, 2.45) is 0 Å². The van der Waals surface area contributed by atoms with Crippen molar-refractivity contribution in [2.45, 2.75) is 50.3 Å². The lowest BCUT2D eigenvalue weighted by molar-refractivity contribution is -0.129. The van der Waals surface area contributed by atoms with Gasteiger partial charge in [-0.25, -0.2) is 0 Å². The second kappa shape index (κ2) is 10.4. The molecule has 1 aliphatic carbocycles. The molecule has 0 radical (unpaired) electrons. The van der Waals surface area contributed by atoms with Gasteiger partial charge < -0.3 is 15.4 Å². The number of nitrogens with zero attached hydrogens (tertiary/aromatic N) is 1. The fourth-order valence-electron chi connectivity index (χ4n) is 4.06. The summed E-state index contributed by atoms with van der Waals surface area (Å²) in [4.78, 5) is 15.2. The molecule has 8 heteroatoms. The average Bonchev–Trinajstić information content (AvgIpc) is 3.04. The number of carbonyl (C=O) groups excluding carboxylic acids is 1. The quantitative estimate of drug-likeness (QED) is 0.752. The zero-order valence-electron chi connectivity index (χ0n) is 14.4. The molecule has 5 nitrogen and oxygen atoms in total. The molecule has 2 saturated heterocycles. The van der Waals surface area contributed by atoms with Gasteiger partial charge in [0.15, 0.2) is 0 Å². The third-order valence-electron chi connectivity index (χ3n) is 5.41. The minimum absolute atomic E-state index is 0. The van der Waals surface area contributed by atoms with E-state index in [1.54, 1.807) is 0 Å². The zero-order valence-corrected chi connectivity index (χ0v) is 16.9. The highest BCUT2D eigenvalue weighted by Gasteiger charge is 2.41. The topological polar surface area (TPSA) is 53.6 Å². The van der Waals surface area contributed by atoms with Crippen LogP contribution in [0, 0.1) is 0 Å². The summed E-state index contributed by atoms with van der Waals surface area (Å²) in [6, 6.07) is -0.205. The number of halogens is 2. The third-order valence-corrected chi connectivity index (χ3v) is 6.35. The molecule has 3 rings (SSSR count). The molecule has 2 aliphatic heterocycles. The summed E-state index contributed by atoms with van der Waals surface area (Å²) in [5.41, 5.74) is 0.204. The second-order valence-corrected chi connectivity index (χ2v) is 7.98. The fourth-order valence-corrected chi connectivity index (χ4v) is 4.97. The molecule has 0 unspecified atom stereocenters. The minimum atomic E-state index is -0.205. The first-order valence-electron chi connectivity index (χ1n) is 8.67. The van der Waals surface area contributed by atoms with Crippen LogP contribution in [0.3, 0.4) is 0 Å². The van der Waals surface area contributed by atoms with E-state index in [0.29, 0.717) is 6.61 Å². The highest BCUT2D eigenvalue weighted by molar-refractivity contribution is 7.99. The highest BCUT2D eigenvalue weighted by Crippen LogP contribution is 2.36. The van der Waals surface area contributed by atoms with E-state index in [4.69, 9.17) is 4.74 Å². The van der Waals surface area contributed by atoms with Gasteiger partial charge in [0.25, 0.3) is 0 Å². The molecule has 3 fully saturated rings. The van der Waals surface area contributed by atoms with Gasteiger partial charge in [-0.15, -0.1) is 24.8 Å². The molecule has 0 bridgehead atoms. The van der Waals surface area contributed by atoms with Gasteiger partial charge in [-0.1, -0.05) is 12.8 Å². The molecule has 2 heterocycles. The van der Waals surface area contributed by atoms with Gasteiger partial charge in [0, 0.05) is 43.2 Å². The first-order valence-corrected chi connectivity index (χ1v) is 9.82. The van der Waals surface area contributed by atoms with E-state index < -0.39 is 0 Å². The number of carbonyl (C=O) groups is 1. The smallest absolute Gasteiger partial charge is 0.239 e. The number of rotatable bonds is 4. The van der Waals surface area contributed by atoms with Gasteiger partial charge in [0.1, 0.15) is 6.04 Å². The zero-order chi connectivity index (χ0) is 15.4. The Morgan fingerprint density at radius 3 is 2.58 bits per heavy atom. The van der Waals surface area contributed by atoms with Crippen LogP contribution < -0.4 is 10.6 Å². The Morgan fingerprint density at radius 2 is 1.96 bits per heavy atom. The normalized spacial score (nSPS) is 30.0. The van der Waals surface area contributed by atoms with Crippen LogP contribution in [-0.4, -0.2) is 72.8 Å². The van der Waals surface area contributed by atoms with Crippen LogP contribution in [-0.2, 0) is 9.53 Å². The van der Waals surface area contributed by atoms with E-state index in [2.05, 4.69) is 15.5 Å². The molecule has 0 aromatic carbocycles. The number of morpholine rings is 1. The molecular formula is C16H31Cl2N3O2S. The molecule has 142 valence electrons. The largest absolute Gasteiger partial charge is 0.375 e. The summed E-state index contributed by atoms with van der Waals surface area (Å²) >= 11 is 2.05. The van der Waals surface area contributed by atoms with Crippen molar-refractivity contribution in [3.05, 3.63) is 0 Å². The summed E-state index contributed by atoms with van der Waals surface area (Å²) in [6.07, 6.45) is 4.99. The van der Waals surface area contributed by atoms with Crippen LogP contribution in [0.5, 0.6) is 0 Å². The van der Waals surface area contributed by atoms with E-state index in [9.17, 15) is 4.79 Å². The Hall–Kier alpha value is 0.280. The number of nitrogens with one attached hydrogen (secondary N) is 2. The van der Waals surface area contributed by atoms with E-state index in [1.807, 2.05) is 18.7 Å². The molecule has 1 amide bonds. The Morgan fingerprint density at radius 1 is 1.29 bits per heavy atom. The monoisotopic (exact) mass is 399 g/mol. The van der Waals surface area contributed by atoms with Crippen LogP contribution in [0.15, 0.2) is 0 Å². The Kier molecular flexibility index (Phi) is 9.70. The van der Waals surface area contributed by atoms with Gasteiger partial charge in [0.2, 0.25) is 5.91 Å². The standard InChI is InChI=1S/C16H29N3O2S.2ClH/c1-13-14(17-6-9-21-13)15(20)18-12-16(4-2-3-5-16)19-7-10-22-11-8-19;;/h13-14,17H,2-12H2,1H3,(H,18,20);2*1H/t13-,14+;;/m1../s1. The molecule has 2 N–H and O–H groups in total. The number of thioether (sulfide) groups is 1. The van der Waals surface area contributed by atoms with E-state index in [-0.39, 0.29) is 48.4 Å². The predicted octanol–water partition coefficient (Wildman–Crippen LogP) is 1.68. The molecule has 1 saturated carbocycles. The van der Waals surface area contributed by atoms with Crippen molar-refractivity contribution in [1.82, 2.24) is 15.5 Å². The van der Waals surface area contributed by atoms with Gasteiger partial charge in [0.05, 0.1) is 12.7 Å². The van der Waals surface area contributed by atoms with Crippen LogP contribution in [0.2, 0.25) is 0 Å². The predicted molar refractivity (Wildman–Crippen MR) is 105 cm³/mol. The summed E-state index contributed by atoms with van der Waals surface area (Å²) in [5, 5.41) is 6.52. The Bertz CT molecular complexity index is 392. The lowest BCUT2D eigenvalue weighted by Gasteiger charge is -2.44. The van der Waals surface area contributed by atoms with Crippen molar-refractivity contribution >= 4 is 42.5 Å². The minimum Gasteiger partial charge on any atom is -0.375 e. The summed E-state index contributed by atoms with van der Waals surface area (Å²) in [5.74, 6) is 2.56. The van der Waals surface area contributed by atoms with Gasteiger partial charge >= 0.3 is 0 Å². The van der Waals surface area contributed by atoms with Crippen molar-refractivity contribution in [1.29, 1.82) is 0 Å². The number of hydrogen-bond donors (Lipinski definition) is 2. The first-order chi connectivity index (χ1) is 10.7. The van der Waals surface area contributed by atoms with E-state index >= 15 is 0 Å². The van der Waals surface area contributed by atoms with E-state index in [0.717, 1.165) is 13.1 Å². The lowest BCUT2D eigenvalue weighted by Crippen LogP contribution is -2.60. The molecule has 2 atom stereocenters. The maximum Gasteiger partial charge on any atom is 0.239 e. The molecule has 0 aromatic heterocycles. The van der Waals surface area contributed by atoms with Crippen molar-refractivity contribution in [3.8, 4) is 0 Å². The maximum absolute atomic E-state index is 12.5. The van der Waals surface area contributed by atoms with Gasteiger partial charge in [-0.2, -0.15) is 11.8 Å². The summed E-state index contributed by atoms with van der Waals surface area (Å²) in [6.45, 7) is 6.56. The molecule has 3 aliphatic rings. The Labute approximate surface area is 162 Å². The number of ether oxygens (including phenoxy) is 1. The SMILES string of the molecule is C[C@H]1OCCN[C@@H]1C(=O)NCC1(N2CCSCC2)CCCC1.Cl.Cl. The van der Waals surface area contributed by atoms with Crippen LogP contribution >= 0.6 is 36.6 Å². The molecule has 0 aromatic rings. The van der Waals surface area contributed by atoms with Crippen LogP contribution in [0.25, 0.3) is 0 Å². The van der Waals surface area contributed by atoms with Crippen molar-refractivity contribution in [3.63, 3.8) is 0 Å². The summed E-state index contributed by atoms with van der Waals surface area (Å²) < 4.78 is 5.59. The molecular weight excluding hydrogens is 369 g/mol. The Balaban J connectivity index is 0.00000144. The molecule has 24 heavy (non-hydrogen) atoms. The summed E-state index contributed by atoms with van der Waals surface area (Å²) in [7, 11) is 0. The van der Waals surface area contributed by atoms with E-state index in [1.165, 1.54) is 50.3 Å². The van der Waals surface area contributed by atoms with Crippen LogP contribution in [0.4, 0.5) is 0 Å². The van der Waals surface area contributed by atoms with Gasteiger partial charge in [-0.05, 0) is 19.8 Å². The first kappa shape index (κ1) is 22.3. The highest BCUT2D eigenvalue weighted by atomic mass is 35.5. The molecule has 0 spiro atoms. The van der Waals surface area contributed by atoms with Crippen molar-refractivity contribution < 1.29 is 9.53 Å². The van der Waals surface area contributed by atoms with Crippen LogP contribution in [0.1, 0.15) is 32.6 Å². The van der Waals surface area contributed by atoms with Gasteiger partial charge in [-0.3, -0.25) is 9.69 Å². The number of amides is 1. The maximum atomic E-state index is 12.5.